The van der Waals surface area contributed by atoms with E-state index in [0.29, 0.717) is 0 Å². The lowest BCUT2D eigenvalue weighted by Gasteiger charge is -2.30. The van der Waals surface area contributed by atoms with Gasteiger partial charge in [-0.25, -0.2) is 0 Å². The summed E-state index contributed by atoms with van der Waals surface area (Å²) in [6, 6.07) is 27.3. The molecule has 0 saturated heterocycles. The van der Waals surface area contributed by atoms with E-state index < -0.39 is 0 Å². The molecule has 0 amide bonds. The van der Waals surface area contributed by atoms with E-state index in [4.69, 9.17) is 12.2 Å². The normalized spacial score (nSPS) is 13.4. The average molecular weight is 384 g/mol. The van der Waals surface area contributed by atoms with Gasteiger partial charge in [0.15, 0.2) is 5.11 Å². The van der Waals surface area contributed by atoms with Crippen LogP contribution >= 0.6 is 12.2 Å². The van der Waals surface area contributed by atoms with Gasteiger partial charge in [-0.05, 0) is 41.9 Å². The number of para-hydroxylation sites is 2. The Balaban J connectivity index is 1.39. The molecule has 4 heteroatoms. The summed E-state index contributed by atoms with van der Waals surface area (Å²) in [6.45, 7) is 1.73. The molecule has 138 valence electrons. The van der Waals surface area contributed by atoms with Gasteiger partial charge in [-0.3, -0.25) is 0 Å². The SMILES string of the molecule is S=C(Nc1ccccc1-c1ccccc1)N1CCc2c([nH]c3ccccc23)C1. The molecule has 28 heavy (non-hydrogen) atoms. The highest BCUT2D eigenvalue weighted by molar-refractivity contribution is 7.80. The summed E-state index contributed by atoms with van der Waals surface area (Å²) < 4.78 is 0. The number of rotatable bonds is 2. The van der Waals surface area contributed by atoms with Crippen molar-refractivity contribution < 1.29 is 0 Å². The Kier molecular flexibility index (Phi) is 4.34. The van der Waals surface area contributed by atoms with Gasteiger partial charge in [0.25, 0.3) is 0 Å². The number of hydrogen-bond donors (Lipinski definition) is 2. The molecule has 0 aliphatic carbocycles. The van der Waals surface area contributed by atoms with Gasteiger partial charge in [0.05, 0.1) is 6.54 Å². The van der Waals surface area contributed by atoms with E-state index in [0.717, 1.165) is 35.9 Å². The van der Waals surface area contributed by atoms with Crippen molar-refractivity contribution in [2.75, 3.05) is 11.9 Å². The fourth-order valence-electron chi connectivity index (χ4n) is 4.02. The van der Waals surface area contributed by atoms with Crippen molar-refractivity contribution in [2.24, 2.45) is 0 Å². The van der Waals surface area contributed by atoms with E-state index in [9.17, 15) is 0 Å². The van der Waals surface area contributed by atoms with Gasteiger partial charge in [0, 0.05) is 34.4 Å². The van der Waals surface area contributed by atoms with Gasteiger partial charge in [0.1, 0.15) is 0 Å². The molecule has 3 nitrogen and oxygen atoms in total. The number of nitrogens with zero attached hydrogens (tertiary/aromatic N) is 1. The highest BCUT2D eigenvalue weighted by atomic mass is 32.1. The highest BCUT2D eigenvalue weighted by Gasteiger charge is 2.22. The fraction of sp³-hybridized carbons (Fsp3) is 0.125. The number of nitrogens with one attached hydrogen (secondary N) is 2. The van der Waals surface area contributed by atoms with Crippen LogP contribution in [0.1, 0.15) is 11.3 Å². The molecular weight excluding hydrogens is 362 g/mol. The van der Waals surface area contributed by atoms with E-state index in [-0.39, 0.29) is 0 Å². The molecule has 2 heterocycles. The summed E-state index contributed by atoms with van der Waals surface area (Å²) in [4.78, 5) is 5.82. The molecule has 0 bridgehead atoms. The summed E-state index contributed by atoms with van der Waals surface area (Å²) in [5.74, 6) is 0. The number of aromatic nitrogens is 1. The van der Waals surface area contributed by atoms with Crippen molar-refractivity contribution in [3.05, 3.63) is 90.1 Å². The predicted molar refractivity (Wildman–Crippen MR) is 121 cm³/mol. The number of fused-ring (bicyclic) bond motifs is 3. The second kappa shape index (κ2) is 7.13. The van der Waals surface area contributed by atoms with E-state index in [1.165, 1.54) is 27.7 Å². The molecule has 5 rings (SSSR count). The average Bonchev–Trinajstić information content (AvgIpc) is 3.12. The van der Waals surface area contributed by atoms with Crippen molar-refractivity contribution in [3.8, 4) is 11.1 Å². The minimum absolute atomic E-state index is 0.771. The molecular formula is C24H21N3S. The van der Waals surface area contributed by atoms with Crippen LogP contribution in [-0.2, 0) is 13.0 Å². The van der Waals surface area contributed by atoms with Gasteiger partial charge in [-0.2, -0.15) is 0 Å². The molecule has 0 spiro atoms. The standard InChI is InChI=1S/C24H21N3S/c28-24(26-21-12-6-4-10-18(21)17-8-2-1-3-9-17)27-15-14-20-19-11-5-7-13-22(19)25-23(20)16-27/h1-13,25H,14-16H2,(H,26,28). The van der Waals surface area contributed by atoms with Crippen molar-refractivity contribution >= 4 is 33.9 Å². The zero-order valence-corrected chi connectivity index (χ0v) is 16.3. The molecule has 1 aliphatic heterocycles. The Bertz CT molecular complexity index is 1150. The van der Waals surface area contributed by atoms with Crippen molar-refractivity contribution in [3.63, 3.8) is 0 Å². The predicted octanol–water partition coefficient (Wildman–Crippen LogP) is 5.59. The summed E-state index contributed by atoms with van der Waals surface area (Å²) in [6.07, 6.45) is 1.00. The molecule has 0 saturated carbocycles. The first-order valence-corrected chi connectivity index (χ1v) is 9.99. The largest absolute Gasteiger partial charge is 0.357 e. The molecule has 4 aromatic rings. The maximum Gasteiger partial charge on any atom is 0.173 e. The van der Waals surface area contributed by atoms with Crippen LogP contribution in [0.3, 0.4) is 0 Å². The van der Waals surface area contributed by atoms with Crippen LogP contribution in [0.5, 0.6) is 0 Å². The second-order valence-corrected chi connectivity index (χ2v) is 7.53. The molecule has 1 aromatic heterocycles. The lowest BCUT2D eigenvalue weighted by Crippen LogP contribution is -2.38. The van der Waals surface area contributed by atoms with Gasteiger partial charge >= 0.3 is 0 Å². The summed E-state index contributed by atoms with van der Waals surface area (Å²) in [5, 5.41) is 5.60. The Hall–Kier alpha value is -3.11. The summed E-state index contributed by atoms with van der Waals surface area (Å²) in [5.41, 5.74) is 7.30. The van der Waals surface area contributed by atoms with Crippen molar-refractivity contribution in [1.82, 2.24) is 9.88 Å². The van der Waals surface area contributed by atoms with Crippen molar-refractivity contribution in [2.45, 2.75) is 13.0 Å². The van der Waals surface area contributed by atoms with Gasteiger partial charge < -0.3 is 15.2 Å². The zero-order valence-electron chi connectivity index (χ0n) is 15.5. The maximum absolute atomic E-state index is 5.78. The highest BCUT2D eigenvalue weighted by Crippen LogP contribution is 2.30. The minimum Gasteiger partial charge on any atom is -0.357 e. The molecule has 0 unspecified atom stereocenters. The molecule has 2 N–H and O–H groups in total. The number of H-pyrrole nitrogens is 1. The quantitative estimate of drug-likeness (QED) is 0.442. The number of anilines is 1. The number of thiocarbonyl (C=S) groups is 1. The van der Waals surface area contributed by atoms with Crippen LogP contribution in [0, 0.1) is 0 Å². The lowest BCUT2D eigenvalue weighted by molar-refractivity contribution is 0.396. The number of benzene rings is 3. The van der Waals surface area contributed by atoms with E-state index in [1.54, 1.807) is 0 Å². The van der Waals surface area contributed by atoms with Crippen LogP contribution in [0.15, 0.2) is 78.9 Å². The first-order valence-electron chi connectivity index (χ1n) is 9.58. The van der Waals surface area contributed by atoms with Gasteiger partial charge in [-0.15, -0.1) is 0 Å². The topological polar surface area (TPSA) is 31.1 Å². The van der Waals surface area contributed by atoms with E-state index >= 15 is 0 Å². The van der Waals surface area contributed by atoms with E-state index in [2.05, 4.69) is 81.9 Å². The third-order valence-corrected chi connectivity index (χ3v) is 5.78. The van der Waals surface area contributed by atoms with Crippen molar-refractivity contribution in [1.29, 1.82) is 0 Å². The zero-order chi connectivity index (χ0) is 18.9. The maximum atomic E-state index is 5.78. The fourth-order valence-corrected chi connectivity index (χ4v) is 4.29. The smallest absolute Gasteiger partial charge is 0.173 e. The number of hydrogen-bond acceptors (Lipinski definition) is 1. The van der Waals surface area contributed by atoms with Crippen LogP contribution in [0.25, 0.3) is 22.0 Å². The molecule has 0 atom stereocenters. The first-order chi connectivity index (χ1) is 13.8. The van der Waals surface area contributed by atoms with Crippen LogP contribution in [0.4, 0.5) is 5.69 Å². The monoisotopic (exact) mass is 383 g/mol. The molecule has 0 fully saturated rings. The Morgan fingerprint density at radius 3 is 2.54 bits per heavy atom. The molecule has 0 radical (unpaired) electrons. The summed E-state index contributed by atoms with van der Waals surface area (Å²) in [7, 11) is 0. The minimum atomic E-state index is 0.771. The van der Waals surface area contributed by atoms with Crippen LogP contribution in [0.2, 0.25) is 0 Å². The lowest BCUT2D eigenvalue weighted by atomic mass is 10.0. The van der Waals surface area contributed by atoms with Gasteiger partial charge in [-0.1, -0.05) is 66.7 Å². The molecule has 1 aliphatic rings. The summed E-state index contributed by atoms with van der Waals surface area (Å²) >= 11 is 5.78. The van der Waals surface area contributed by atoms with Gasteiger partial charge in [0.2, 0.25) is 0 Å². The van der Waals surface area contributed by atoms with Crippen LogP contribution in [-0.4, -0.2) is 21.5 Å². The van der Waals surface area contributed by atoms with E-state index in [1.807, 2.05) is 12.1 Å². The Morgan fingerprint density at radius 2 is 1.64 bits per heavy atom. The third-order valence-electron chi connectivity index (χ3n) is 5.42. The Morgan fingerprint density at radius 1 is 0.893 bits per heavy atom. The Labute approximate surface area is 170 Å². The number of aromatic amines is 1. The van der Waals surface area contributed by atoms with Crippen LogP contribution < -0.4 is 5.32 Å². The second-order valence-electron chi connectivity index (χ2n) is 7.14. The third kappa shape index (κ3) is 3.06. The first kappa shape index (κ1) is 17.0. The molecule has 3 aromatic carbocycles.